The summed E-state index contributed by atoms with van der Waals surface area (Å²) in [4.78, 5) is 13.4. The summed E-state index contributed by atoms with van der Waals surface area (Å²) in [6.45, 7) is 2.28. The Kier molecular flexibility index (Phi) is 5.69. The smallest absolute Gasteiger partial charge is 0.192 e. The summed E-state index contributed by atoms with van der Waals surface area (Å²) in [6.07, 6.45) is 0. The molecule has 4 aromatic rings. The van der Waals surface area contributed by atoms with E-state index < -0.39 is 0 Å². The van der Waals surface area contributed by atoms with E-state index in [0.29, 0.717) is 6.54 Å². The standard InChI is InChI=1S/C22H19N3OS2/c1-16(26)20(18-11-6-3-7-12-18)28-22-24-23-21(19-13-8-14-27-19)25(22)15-17-9-4-2-5-10-17/h2-14,20H,15H2,1H3/t20-/m1/s1. The Hall–Kier alpha value is -2.70. The fourth-order valence-corrected chi connectivity index (χ4v) is 4.74. The van der Waals surface area contributed by atoms with Crippen LogP contribution in [0.15, 0.2) is 83.3 Å². The number of carbonyl (C=O) groups is 1. The van der Waals surface area contributed by atoms with Gasteiger partial charge in [-0.25, -0.2) is 0 Å². The lowest BCUT2D eigenvalue weighted by atomic mass is 10.1. The lowest BCUT2D eigenvalue weighted by molar-refractivity contribution is -0.116. The summed E-state index contributed by atoms with van der Waals surface area (Å²) in [5.74, 6) is 0.930. The number of aromatic nitrogens is 3. The normalized spacial score (nSPS) is 12.0. The van der Waals surface area contributed by atoms with E-state index in [1.54, 1.807) is 18.3 Å². The summed E-state index contributed by atoms with van der Waals surface area (Å²) in [7, 11) is 0. The number of thiophene rings is 1. The zero-order valence-corrected chi connectivity index (χ0v) is 17.0. The van der Waals surface area contributed by atoms with Crippen molar-refractivity contribution in [2.24, 2.45) is 0 Å². The van der Waals surface area contributed by atoms with Gasteiger partial charge in [-0.05, 0) is 29.5 Å². The molecule has 2 aromatic heterocycles. The first kappa shape index (κ1) is 18.7. The fraction of sp³-hybridized carbons (Fsp3) is 0.136. The van der Waals surface area contributed by atoms with Crippen molar-refractivity contribution >= 4 is 28.9 Å². The first-order valence-electron chi connectivity index (χ1n) is 8.95. The van der Waals surface area contributed by atoms with Gasteiger partial charge in [-0.3, -0.25) is 9.36 Å². The Labute approximate surface area is 172 Å². The van der Waals surface area contributed by atoms with Crippen LogP contribution in [0.4, 0.5) is 0 Å². The molecule has 0 amide bonds. The molecular formula is C22H19N3OS2. The number of Topliss-reactive ketones (excluding diaryl/α,β-unsaturated/α-hetero) is 1. The minimum atomic E-state index is -0.309. The van der Waals surface area contributed by atoms with Gasteiger partial charge in [0.05, 0.1) is 16.7 Å². The molecule has 6 heteroatoms. The van der Waals surface area contributed by atoms with E-state index in [-0.39, 0.29) is 11.0 Å². The van der Waals surface area contributed by atoms with Gasteiger partial charge in [-0.2, -0.15) is 0 Å². The van der Waals surface area contributed by atoms with Crippen molar-refractivity contribution in [2.45, 2.75) is 23.9 Å². The molecule has 2 heterocycles. The van der Waals surface area contributed by atoms with Crippen LogP contribution in [-0.4, -0.2) is 20.5 Å². The highest BCUT2D eigenvalue weighted by molar-refractivity contribution is 8.00. The molecule has 0 bridgehead atoms. The third-order valence-corrected chi connectivity index (χ3v) is 6.56. The maximum absolute atomic E-state index is 12.4. The van der Waals surface area contributed by atoms with Gasteiger partial charge >= 0.3 is 0 Å². The molecule has 0 unspecified atom stereocenters. The van der Waals surface area contributed by atoms with E-state index in [0.717, 1.165) is 21.4 Å². The minimum absolute atomic E-state index is 0.100. The molecule has 4 rings (SSSR count). The predicted octanol–water partition coefficient (Wildman–Crippen LogP) is 5.48. The van der Waals surface area contributed by atoms with E-state index in [1.165, 1.54) is 17.3 Å². The predicted molar refractivity (Wildman–Crippen MR) is 115 cm³/mol. The first-order chi connectivity index (χ1) is 13.7. The molecular weight excluding hydrogens is 386 g/mol. The average Bonchev–Trinajstić information content (AvgIpc) is 3.37. The van der Waals surface area contributed by atoms with Crippen molar-refractivity contribution in [3.8, 4) is 10.7 Å². The maximum atomic E-state index is 12.4. The van der Waals surface area contributed by atoms with E-state index in [2.05, 4.69) is 26.9 Å². The molecule has 0 radical (unpaired) electrons. The van der Waals surface area contributed by atoms with Crippen LogP contribution < -0.4 is 0 Å². The van der Waals surface area contributed by atoms with Gasteiger partial charge in [0.15, 0.2) is 11.0 Å². The van der Waals surface area contributed by atoms with E-state index in [4.69, 9.17) is 0 Å². The van der Waals surface area contributed by atoms with Gasteiger partial charge in [0.25, 0.3) is 0 Å². The van der Waals surface area contributed by atoms with Crippen LogP contribution in [-0.2, 0) is 11.3 Å². The molecule has 0 saturated carbocycles. The molecule has 0 N–H and O–H groups in total. The van der Waals surface area contributed by atoms with Crippen molar-refractivity contribution < 1.29 is 4.79 Å². The van der Waals surface area contributed by atoms with Gasteiger partial charge in [0, 0.05) is 0 Å². The molecule has 4 nitrogen and oxygen atoms in total. The highest BCUT2D eigenvalue weighted by atomic mass is 32.2. The van der Waals surface area contributed by atoms with E-state index >= 15 is 0 Å². The number of hydrogen-bond acceptors (Lipinski definition) is 5. The zero-order chi connectivity index (χ0) is 19.3. The lowest BCUT2D eigenvalue weighted by Crippen LogP contribution is -2.08. The molecule has 28 heavy (non-hydrogen) atoms. The largest absolute Gasteiger partial charge is 0.298 e. The molecule has 0 aliphatic carbocycles. The Balaban J connectivity index is 1.73. The number of ketones is 1. The summed E-state index contributed by atoms with van der Waals surface area (Å²) in [5.41, 5.74) is 2.15. The highest BCUT2D eigenvalue weighted by Gasteiger charge is 2.23. The average molecular weight is 406 g/mol. The van der Waals surface area contributed by atoms with Crippen molar-refractivity contribution in [1.29, 1.82) is 0 Å². The van der Waals surface area contributed by atoms with Crippen molar-refractivity contribution in [3.63, 3.8) is 0 Å². The number of thioether (sulfide) groups is 1. The van der Waals surface area contributed by atoms with Gasteiger partial charge in [0.1, 0.15) is 5.78 Å². The first-order valence-corrected chi connectivity index (χ1v) is 10.7. The van der Waals surface area contributed by atoms with Crippen LogP contribution in [0.2, 0.25) is 0 Å². The fourth-order valence-electron chi connectivity index (χ4n) is 2.99. The topological polar surface area (TPSA) is 47.8 Å². The van der Waals surface area contributed by atoms with Crippen LogP contribution in [0.3, 0.4) is 0 Å². The van der Waals surface area contributed by atoms with Crippen LogP contribution in [0.1, 0.15) is 23.3 Å². The van der Waals surface area contributed by atoms with E-state index in [1.807, 2.05) is 66.0 Å². The Bertz CT molecular complexity index is 1040. The second kappa shape index (κ2) is 8.54. The Morgan fingerprint density at radius 2 is 1.71 bits per heavy atom. The van der Waals surface area contributed by atoms with Crippen molar-refractivity contribution in [2.75, 3.05) is 0 Å². The van der Waals surface area contributed by atoms with Gasteiger partial charge in [0.2, 0.25) is 0 Å². The number of benzene rings is 2. The number of nitrogens with zero attached hydrogens (tertiary/aromatic N) is 3. The molecule has 0 spiro atoms. The van der Waals surface area contributed by atoms with Gasteiger partial charge in [-0.15, -0.1) is 21.5 Å². The van der Waals surface area contributed by atoms with E-state index in [9.17, 15) is 4.79 Å². The second-order valence-electron chi connectivity index (χ2n) is 6.37. The highest BCUT2D eigenvalue weighted by Crippen LogP contribution is 2.37. The summed E-state index contributed by atoms with van der Waals surface area (Å²) >= 11 is 3.09. The third kappa shape index (κ3) is 4.08. The molecule has 1 atom stereocenters. The van der Waals surface area contributed by atoms with Crippen LogP contribution in [0, 0.1) is 0 Å². The van der Waals surface area contributed by atoms with Crippen LogP contribution in [0.5, 0.6) is 0 Å². The maximum Gasteiger partial charge on any atom is 0.192 e. The zero-order valence-electron chi connectivity index (χ0n) is 15.4. The summed E-state index contributed by atoms with van der Waals surface area (Å²) in [6, 6.07) is 24.1. The number of hydrogen-bond donors (Lipinski definition) is 0. The minimum Gasteiger partial charge on any atom is -0.298 e. The summed E-state index contributed by atoms with van der Waals surface area (Å²) < 4.78 is 2.10. The molecule has 140 valence electrons. The van der Waals surface area contributed by atoms with Gasteiger partial charge < -0.3 is 0 Å². The van der Waals surface area contributed by atoms with Crippen LogP contribution in [0.25, 0.3) is 10.7 Å². The number of carbonyl (C=O) groups excluding carboxylic acids is 1. The molecule has 0 fully saturated rings. The molecule has 0 aliphatic rings. The lowest BCUT2D eigenvalue weighted by Gasteiger charge is -2.15. The van der Waals surface area contributed by atoms with Crippen molar-refractivity contribution in [3.05, 3.63) is 89.3 Å². The molecule has 0 aliphatic heterocycles. The Morgan fingerprint density at radius 3 is 2.36 bits per heavy atom. The SMILES string of the molecule is CC(=O)[C@@H](Sc1nnc(-c2cccs2)n1Cc1ccccc1)c1ccccc1. The molecule has 2 aromatic carbocycles. The Morgan fingerprint density at radius 1 is 1.00 bits per heavy atom. The third-order valence-electron chi connectivity index (χ3n) is 4.34. The molecule has 0 saturated heterocycles. The monoisotopic (exact) mass is 405 g/mol. The summed E-state index contributed by atoms with van der Waals surface area (Å²) in [5, 5.41) is 11.4. The number of rotatable bonds is 7. The second-order valence-corrected chi connectivity index (χ2v) is 8.39. The van der Waals surface area contributed by atoms with Crippen molar-refractivity contribution in [1.82, 2.24) is 14.8 Å². The van der Waals surface area contributed by atoms with Crippen LogP contribution >= 0.6 is 23.1 Å². The van der Waals surface area contributed by atoms with Gasteiger partial charge in [-0.1, -0.05) is 78.5 Å². The quantitative estimate of drug-likeness (QED) is 0.382.